The Hall–Kier alpha value is -0.860. The number of hydrogen-bond donors (Lipinski definition) is 1. The fraction of sp³-hybridized carbons (Fsp3) is 0.920. The van der Waals surface area contributed by atoms with Crippen LogP contribution in [0.15, 0.2) is 0 Å². The highest BCUT2D eigenvalue weighted by Gasteiger charge is 2.64. The van der Waals surface area contributed by atoms with Gasteiger partial charge in [-0.25, -0.2) is 0 Å². The molecule has 4 fully saturated rings. The Morgan fingerprint density at radius 3 is 2.46 bits per heavy atom. The molecule has 28 heavy (non-hydrogen) atoms. The van der Waals surface area contributed by atoms with E-state index in [1.54, 1.807) is 0 Å². The van der Waals surface area contributed by atoms with Gasteiger partial charge in [-0.2, -0.15) is 0 Å². The number of ketones is 1. The summed E-state index contributed by atoms with van der Waals surface area (Å²) in [7, 11) is 0. The first kappa shape index (κ1) is 20.4. The Morgan fingerprint density at radius 1 is 1.04 bits per heavy atom. The summed E-state index contributed by atoms with van der Waals surface area (Å²) in [5, 5.41) is 9.11. The quantitative estimate of drug-likeness (QED) is 0.646. The molecule has 0 aliphatic heterocycles. The lowest BCUT2D eigenvalue weighted by Gasteiger charge is -2.61. The third kappa shape index (κ3) is 2.89. The molecule has 4 aliphatic carbocycles. The molecule has 3 heteroatoms. The molecule has 0 radical (unpaired) electrons. The van der Waals surface area contributed by atoms with Crippen LogP contribution in [0.2, 0.25) is 0 Å². The average Bonchev–Trinajstić information content (AvgIpc) is 3.01. The molecule has 4 aliphatic rings. The predicted molar refractivity (Wildman–Crippen MR) is 111 cm³/mol. The number of fused-ring (bicyclic) bond motifs is 5. The molecule has 1 N–H and O–H groups in total. The minimum absolute atomic E-state index is 0.229. The highest BCUT2D eigenvalue weighted by molar-refractivity contribution is 5.85. The molecule has 0 aromatic rings. The molecule has 9 atom stereocenters. The molecule has 3 nitrogen and oxygen atoms in total. The second kappa shape index (κ2) is 7.13. The standard InChI is InChI=1S/C25H40O3/c1-15(8-11-21(26)27)17-9-10-19-22-20(12-14-25(17,19)4)24(3)13-6-5-7-18(24)16(2)23(22)28/h15-20,22H,5-14H2,1-4H3,(H,26,27)/t15-,16-,17-,18?,19?,20?,22?,24+,25-/m1/s1. The van der Waals surface area contributed by atoms with Gasteiger partial charge in [0.1, 0.15) is 5.78 Å². The fourth-order valence-corrected chi connectivity index (χ4v) is 8.97. The predicted octanol–water partition coefficient (Wildman–Crippen LogP) is 5.96. The number of rotatable bonds is 4. The lowest BCUT2D eigenvalue weighted by Crippen LogP contribution is -2.59. The van der Waals surface area contributed by atoms with Gasteiger partial charge >= 0.3 is 5.97 Å². The van der Waals surface area contributed by atoms with Crippen LogP contribution in [0.5, 0.6) is 0 Å². The number of carboxylic acid groups (broad SMARTS) is 1. The Balaban J connectivity index is 1.60. The van der Waals surface area contributed by atoms with Crippen molar-refractivity contribution in [3.05, 3.63) is 0 Å². The van der Waals surface area contributed by atoms with Crippen LogP contribution in [0.1, 0.15) is 91.9 Å². The third-order valence-electron chi connectivity index (χ3n) is 10.4. The van der Waals surface area contributed by atoms with Gasteiger partial charge in [-0.05, 0) is 85.4 Å². The molecule has 0 aromatic carbocycles. The van der Waals surface area contributed by atoms with E-state index in [9.17, 15) is 9.59 Å². The highest BCUT2D eigenvalue weighted by Crippen LogP contribution is 2.68. The minimum Gasteiger partial charge on any atom is -0.481 e. The number of hydrogen-bond acceptors (Lipinski definition) is 2. The minimum atomic E-state index is -0.678. The second-order valence-electron chi connectivity index (χ2n) is 11.4. The first-order chi connectivity index (χ1) is 13.2. The maximum absolute atomic E-state index is 13.7. The summed E-state index contributed by atoms with van der Waals surface area (Å²) in [5.74, 6) is 3.15. The Labute approximate surface area is 171 Å². The fourth-order valence-electron chi connectivity index (χ4n) is 8.97. The smallest absolute Gasteiger partial charge is 0.303 e. The van der Waals surface area contributed by atoms with E-state index in [2.05, 4.69) is 27.7 Å². The zero-order valence-corrected chi connectivity index (χ0v) is 18.4. The van der Waals surface area contributed by atoms with Gasteiger partial charge in [-0.3, -0.25) is 9.59 Å². The summed E-state index contributed by atoms with van der Waals surface area (Å²) in [6.07, 6.45) is 11.1. The van der Waals surface area contributed by atoms with Gasteiger partial charge in [0.2, 0.25) is 0 Å². The first-order valence-electron chi connectivity index (χ1n) is 12.0. The van der Waals surface area contributed by atoms with Crippen LogP contribution in [-0.2, 0) is 9.59 Å². The number of carbonyl (C=O) groups excluding carboxylic acids is 1. The van der Waals surface area contributed by atoms with E-state index < -0.39 is 5.97 Å². The molecule has 4 rings (SSSR count). The first-order valence-corrected chi connectivity index (χ1v) is 12.0. The topological polar surface area (TPSA) is 54.4 Å². The molecule has 0 heterocycles. The summed E-state index contributed by atoms with van der Waals surface area (Å²) in [4.78, 5) is 24.7. The summed E-state index contributed by atoms with van der Waals surface area (Å²) in [6, 6.07) is 0. The maximum Gasteiger partial charge on any atom is 0.303 e. The average molecular weight is 389 g/mol. The lowest BCUT2D eigenvalue weighted by atomic mass is 9.42. The van der Waals surface area contributed by atoms with Crippen LogP contribution < -0.4 is 0 Å². The van der Waals surface area contributed by atoms with E-state index in [4.69, 9.17) is 5.11 Å². The normalized spacial score (nSPS) is 49.1. The van der Waals surface area contributed by atoms with E-state index in [0.717, 1.165) is 6.42 Å². The number of Topliss-reactive ketones (excluding diaryl/α,β-unsaturated/α-hetero) is 1. The summed E-state index contributed by atoms with van der Waals surface area (Å²) < 4.78 is 0. The van der Waals surface area contributed by atoms with Crippen molar-refractivity contribution < 1.29 is 14.7 Å². The third-order valence-corrected chi connectivity index (χ3v) is 10.4. The van der Waals surface area contributed by atoms with Gasteiger partial charge < -0.3 is 5.11 Å². The Kier molecular flexibility index (Phi) is 5.20. The van der Waals surface area contributed by atoms with Crippen LogP contribution in [0.25, 0.3) is 0 Å². The number of aliphatic carboxylic acids is 1. The van der Waals surface area contributed by atoms with Gasteiger partial charge in [0.05, 0.1) is 0 Å². The lowest BCUT2D eigenvalue weighted by molar-refractivity contribution is -0.166. The van der Waals surface area contributed by atoms with Gasteiger partial charge in [0.25, 0.3) is 0 Å². The zero-order chi connectivity index (χ0) is 20.3. The van der Waals surface area contributed by atoms with E-state index in [0.29, 0.717) is 40.8 Å². The molecule has 0 aromatic heterocycles. The highest BCUT2D eigenvalue weighted by atomic mass is 16.4. The number of carboxylic acids is 1. The monoisotopic (exact) mass is 388 g/mol. The van der Waals surface area contributed by atoms with Crippen molar-refractivity contribution in [1.29, 1.82) is 0 Å². The molecule has 158 valence electrons. The summed E-state index contributed by atoms with van der Waals surface area (Å²) in [5.41, 5.74) is 0.594. The van der Waals surface area contributed by atoms with Gasteiger partial charge in [-0.1, -0.05) is 40.5 Å². The molecule has 0 spiro atoms. The van der Waals surface area contributed by atoms with Crippen LogP contribution in [-0.4, -0.2) is 16.9 Å². The van der Waals surface area contributed by atoms with Crippen molar-refractivity contribution in [2.45, 2.75) is 91.9 Å². The molecule has 4 unspecified atom stereocenters. The van der Waals surface area contributed by atoms with Crippen LogP contribution in [0.4, 0.5) is 0 Å². The van der Waals surface area contributed by atoms with E-state index in [-0.39, 0.29) is 23.7 Å². The SMILES string of the molecule is C[C@H](CCC(=O)O)[C@H]1CCC2C3C(=O)[C@H](C)C4CCCC[C@]4(C)C3CC[C@@]21C. The van der Waals surface area contributed by atoms with Crippen molar-refractivity contribution in [2.75, 3.05) is 0 Å². The maximum atomic E-state index is 13.7. The Bertz CT molecular complexity index is 642. The van der Waals surface area contributed by atoms with Crippen LogP contribution in [0.3, 0.4) is 0 Å². The van der Waals surface area contributed by atoms with Crippen molar-refractivity contribution in [2.24, 2.45) is 52.3 Å². The van der Waals surface area contributed by atoms with Crippen LogP contribution in [0, 0.1) is 52.3 Å². The molecule has 0 bridgehead atoms. The second-order valence-corrected chi connectivity index (χ2v) is 11.4. The van der Waals surface area contributed by atoms with E-state index >= 15 is 0 Å². The summed E-state index contributed by atoms with van der Waals surface area (Å²) >= 11 is 0. The number of carbonyl (C=O) groups is 2. The van der Waals surface area contributed by atoms with Crippen LogP contribution >= 0.6 is 0 Å². The molecule has 0 amide bonds. The van der Waals surface area contributed by atoms with Crippen molar-refractivity contribution in [1.82, 2.24) is 0 Å². The molecular weight excluding hydrogens is 348 g/mol. The van der Waals surface area contributed by atoms with E-state index in [1.807, 2.05) is 0 Å². The van der Waals surface area contributed by atoms with Crippen molar-refractivity contribution in [3.63, 3.8) is 0 Å². The largest absolute Gasteiger partial charge is 0.481 e. The molecule has 0 saturated heterocycles. The summed E-state index contributed by atoms with van der Waals surface area (Å²) in [6.45, 7) is 9.48. The van der Waals surface area contributed by atoms with E-state index in [1.165, 1.54) is 51.4 Å². The molecular formula is C25H40O3. The van der Waals surface area contributed by atoms with Crippen molar-refractivity contribution >= 4 is 11.8 Å². The van der Waals surface area contributed by atoms with Gasteiger partial charge in [0.15, 0.2) is 0 Å². The Morgan fingerprint density at radius 2 is 1.75 bits per heavy atom. The zero-order valence-electron chi connectivity index (χ0n) is 18.4. The van der Waals surface area contributed by atoms with Crippen molar-refractivity contribution in [3.8, 4) is 0 Å². The van der Waals surface area contributed by atoms with Gasteiger partial charge in [-0.15, -0.1) is 0 Å². The molecule has 4 saturated carbocycles. The van der Waals surface area contributed by atoms with Gasteiger partial charge in [0, 0.05) is 18.3 Å².